The second-order valence-corrected chi connectivity index (χ2v) is 8.54. The van der Waals surface area contributed by atoms with E-state index in [-0.39, 0.29) is 4.32 Å². The lowest BCUT2D eigenvalue weighted by Gasteiger charge is -2.40. The van der Waals surface area contributed by atoms with Crippen molar-refractivity contribution in [2.24, 2.45) is 0 Å². The minimum Gasteiger partial charge on any atom is -0.497 e. The first-order valence-corrected chi connectivity index (χ1v) is 10.5. The molecule has 1 aromatic carbocycles. The number of nitrogens with one attached hydrogen (secondary N) is 1. The number of methoxy groups -OCH3 is 1. The van der Waals surface area contributed by atoms with Crippen LogP contribution in [0.3, 0.4) is 0 Å². The predicted octanol–water partition coefficient (Wildman–Crippen LogP) is -1.19. The summed E-state index contributed by atoms with van der Waals surface area (Å²) in [7, 11) is 1.55. The first-order chi connectivity index (χ1) is 14.7. The van der Waals surface area contributed by atoms with Gasteiger partial charge in [0, 0.05) is 0 Å². The van der Waals surface area contributed by atoms with Gasteiger partial charge in [0.05, 0.1) is 18.6 Å². The molecule has 12 heteroatoms. The number of rotatable bonds is 6. The average Bonchev–Trinajstić information content (AvgIpc) is 3.01. The number of aliphatic hydroxyl groups excluding tert-OH is 4. The lowest BCUT2D eigenvalue weighted by Crippen LogP contribution is -2.64. The van der Waals surface area contributed by atoms with Gasteiger partial charge in [0.15, 0.2) is 6.29 Å². The van der Waals surface area contributed by atoms with E-state index in [2.05, 4.69) is 5.32 Å². The zero-order valence-corrected chi connectivity index (χ0v) is 18.0. The molecule has 0 radical (unpaired) electrons. The zero-order valence-electron chi connectivity index (χ0n) is 16.4. The number of hydrogen-bond donors (Lipinski definition) is 5. The number of thiocarbonyl (C=S) groups is 1. The molecule has 168 valence electrons. The van der Waals surface area contributed by atoms with E-state index in [0.29, 0.717) is 10.7 Å². The van der Waals surface area contributed by atoms with Crippen molar-refractivity contribution in [3.8, 4) is 5.75 Å². The van der Waals surface area contributed by atoms with Crippen molar-refractivity contribution < 1.29 is 39.5 Å². The van der Waals surface area contributed by atoms with E-state index in [4.69, 9.17) is 26.8 Å². The molecule has 10 nitrogen and oxygen atoms in total. The standard InChI is InChI=1S/C19H22N2O8S2/c1-28-10-4-2-9(3-5-10)6-12-17(26)21(19(30)31-12)7-13(23)20-14-16(25)15(24)11(8-22)29-18(14)27/h2-6,11,14-16,18,22,24-25,27H,7-8H2,1H3,(H,20,23)/b12-6-/t11-,14-,15+,16+,18+/m0/s1. The largest absolute Gasteiger partial charge is 0.497 e. The number of carbonyl (C=O) groups excluding carboxylic acids is 2. The molecule has 2 aliphatic rings. The molecular formula is C19H22N2O8S2. The molecule has 1 aromatic rings. The topological polar surface area (TPSA) is 149 Å². The van der Waals surface area contributed by atoms with Crippen molar-refractivity contribution in [2.45, 2.75) is 30.6 Å². The van der Waals surface area contributed by atoms with E-state index < -0.39 is 55.6 Å². The summed E-state index contributed by atoms with van der Waals surface area (Å²) in [4.78, 5) is 26.5. The second-order valence-electron chi connectivity index (χ2n) is 6.86. The van der Waals surface area contributed by atoms with Gasteiger partial charge in [-0.05, 0) is 23.8 Å². The Balaban J connectivity index is 1.64. The highest BCUT2D eigenvalue weighted by atomic mass is 32.2. The van der Waals surface area contributed by atoms with Crippen LogP contribution >= 0.6 is 24.0 Å². The zero-order chi connectivity index (χ0) is 22.7. The molecule has 2 aliphatic heterocycles. The summed E-state index contributed by atoms with van der Waals surface area (Å²) >= 11 is 6.25. The molecule has 2 amide bonds. The lowest BCUT2D eigenvalue weighted by atomic mass is 9.97. The minimum atomic E-state index is -1.65. The number of carbonyl (C=O) groups is 2. The van der Waals surface area contributed by atoms with Crippen LogP contribution in [0.1, 0.15) is 5.56 Å². The Labute approximate surface area is 187 Å². The lowest BCUT2D eigenvalue weighted by molar-refractivity contribution is -0.253. The van der Waals surface area contributed by atoms with Crippen LogP contribution in [0.4, 0.5) is 0 Å². The Morgan fingerprint density at radius 1 is 1.29 bits per heavy atom. The van der Waals surface area contributed by atoms with E-state index in [1.807, 2.05) is 0 Å². The molecule has 0 spiro atoms. The fourth-order valence-corrected chi connectivity index (χ4v) is 4.37. The number of ether oxygens (including phenoxy) is 2. The van der Waals surface area contributed by atoms with Gasteiger partial charge in [-0.3, -0.25) is 14.5 Å². The number of amides is 2. The van der Waals surface area contributed by atoms with Crippen LogP contribution in [0.5, 0.6) is 5.75 Å². The smallest absolute Gasteiger partial charge is 0.266 e. The van der Waals surface area contributed by atoms with Crippen LogP contribution in [0.25, 0.3) is 6.08 Å². The summed E-state index contributed by atoms with van der Waals surface area (Å²) in [6.45, 7) is -1.06. The average molecular weight is 471 g/mol. The monoisotopic (exact) mass is 470 g/mol. The molecule has 31 heavy (non-hydrogen) atoms. The Morgan fingerprint density at radius 2 is 1.97 bits per heavy atom. The number of benzene rings is 1. The fraction of sp³-hybridized carbons (Fsp3) is 0.421. The van der Waals surface area contributed by atoms with Gasteiger partial charge in [0.1, 0.15) is 41.0 Å². The van der Waals surface area contributed by atoms with E-state index in [1.165, 1.54) is 0 Å². The van der Waals surface area contributed by atoms with Crippen molar-refractivity contribution in [2.75, 3.05) is 20.3 Å². The van der Waals surface area contributed by atoms with Gasteiger partial charge in [-0.1, -0.05) is 36.1 Å². The van der Waals surface area contributed by atoms with E-state index in [1.54, 1.807) is 37.5 Å². The van der Waals surface area contributed by atoms with Crippen LogP contribution < -0.4 is 10.1 Å². The summed E-state index contributed by atoms with van der Waals surface area (Å²) in [5.74, 6) is -0.501. The van der Waals surface area contributed by atoms with Gasteiger partial charge in [-0.15, -0.1) is 0 Å². The SMILES string of the molecule is COc1ccc(/C=C2\SC(=S)N(CC(=O)N[C@H]3[C@@H](O)[C@H](O)[C@H](CO)O[C@H]3O)C2=O)cc1. The molecule has 3 rings (SSSR count). The highest BCUT2D eigenvalue weighted by molar-refractivity contribution is 8.26. The quantitative estimate of drug-likeness (QED) is 0.254. The van der Waals surface area contributed by atoms with Crippen molar-refractivity contribution in [1.82, 2.24) is 10.2 Å². The maximum atomic E-state index is 12.7. The summed E-state index contributed by atoms with van der Waals surface area (Å²) in [5, 5.41) is 41.4. The molecular weight excluding hydrogens is 448 g/mol. The van der Waals surface area contributed by atoms with Gasteiger partial charge in [0.25, 0.3) is 5.91 Å². The predicted molar refractivity (Wildman–Crippen MR) is 115 cm³/mol. The molecule has 0 aliphatic carbocycles. The Morgan fingerprint density at radius 3 is 2.58 bits per heavy atom. The Bertz CT molecular complexity index is 878. The molecule has 0 unspecified atom stereocenters. The molecule has 5 N–H and O–H groups in total. The van der Waals surface area contributed by atoms with E-state index in [0.717, 1.165) is 22.2 Å². The first kappa shape index (κ1) is 23.6. The van der Waals surface area contributed by atoms with Gasteiger partial charge in [0.2, 0.25) is 5.91 Å². The third-order valence-corrected chi connectivity index (χ3v) is 6.19. The summed E-state index contributed by atoms with van der Waals surface area (Å²) < 4.78 is 10.3. The minimum absolute atomic E-state index is 0.182. The van der Waals surface area contributed by atoms with Crippen molar-refractivity contribution in [1.29, 1.82) is 0 Å². The highest BCUT2D eigenvalue weighted by Gasteiger charge is 2.44. The molecule has 0 bridgehead atoms. The third-order valence-electron chi connectivity index (χ3n) is 4.82. The summed E-state index contributed by atoms with van der Waals surface area (Å²) in [5.41, 5.74) is 0.753. The van der Waals surface area contributed by atoms with Crippen molar-refractivity contribution in [3.05, 3.63) is 34.7 Å². The van der Waals surface area contributed by atoms with Crippen LogP contribution in [-0.2, 0) is 14.3 Å². The van der Waals surface area contributed by atoms with Gasteiger partial charge in [-0.2, -0.15) is 0 Å². The third kappa shape index (κ3) is 5.23. The molecule has 0 aromatic heterocycles. The Kier molecular flexibility index (Phi) is 7.64. The molecule has 2 heterocycles. The van der Waals surface area contributed by atoms with Gasteiger partial charge >= 0.3 is 0 Å². The maximum absolute atomic E-state index is 12.7. The molecule has 0 saturated carbocycles. The summed E-state index contributed by atoms with van der Waals surface area (Å²) in [6, 6.07) is 5.69. The first-order valence-electron chi connectivity index (χ1n) is 9.24. The number of thioether (sulfide) groups is 1. The van der Waals surface area contributed by atoms with Gasteiger partial charge < -0.3 is 35.2 Å². The van der Waals surface area contributed by atoms with Crippen LogP contribution in [-0.4, -0.2) is 92.4 Å². The van der Waals surface area contributed by atoms with Crippen LogP contribution in [0.2, 0.25) is 0 Å². The molecule has 2 saturated heterocycles. The second kappa shape index (κ2) is 10.0. The van der Waals surface area contributed by atoms with Crippen molar-refractivity contribution >= 4 is 46.2 Å². The van der Waals surface area contributed by atoms with E-state index in [9.17, 15) is 24.9 Å². The number of nitrogens with zero attached hydrogens (tertiary/aromatic N) is 1. The molecule has 5 atom stereocenters. The summed E-state index contributed by atoms with van der Waals surface area (Å²) in [6.07, 6.45) is -4.29. The van der Waals surface area contributed by atoms with Gasteiger partial charge in [-0.25, -0.2) is 0 Å². The highest BCUT2D eigenvalue weighted by Crippen LogP contribution is 2.32. The fourth-order valence-electron chi connectivity index (χ4n) is 3.12. The molecule has 2 fully saturated rings. The Hall–Kier alpha value is -2.06. The maximum Gasteiger partial charge on any atom is 0.266 e. The number of aliphatic hydroxyl groups is 4. The van der Waals surface area contributed by atoms with Crippen LogP contribution in [0.15, 0.2) is 29.2 Å². The number of hydrogen-bond acceptors (Lipinski definition) is 10. The van der Waals surface area contributed by atoms with E-state index >= 15 is 0 Å². The normalized spacial score (nSPS) is 30.0. The van der Waals surface area contributed by atoms with Crippen molar-refractivity contribution in [3.63, 3.8) is 0 Å². The van der Waals surface area contributed by atoms with Crippen LogP contribution in [0, 0.1) is 0 Å².